The number of amides is 2. The van der Waals surface area contributed by atoms with E-state index in [-0.39, 0.29) is 0 Å². The van der Waals surface area contributed by atoms with E-state index < -0.39 is 24.0 Å². The van der Waals surface area contributed by atoms with E-state index in [1.54, 1.807) is 30.6 Å². The molecule has 0 saturated carbocycles. The van der Waals surface area contributed by atoms with Crippen LogP contribution in [0.25, 0.3) is 0 Å². The highest BCUT2D eigenvalue weighted by Gasteiger charge is 2.26. The van der Waals surface area contributed by atoms with Gasteiger partial charge in [0.1, 0.15) is 6.04 Å². The van der Waals surface area contributed by atoms with Gasteiger partial charge in [-0.25, -0.2) is 10.5 Å². The fourth-order valence-electron chi connectivity index (χ4n) is 3.21. The molecule has 166 valence electrons. The number of hydrogen-bond donors (Lipinski definition) is 4. The molecule has 0 radical (unpaired) electrons. The van der Waals surface area contributed by atoms with E-state index >= 15 is 0 Å². The Labute approximate surface area is 186 Å². The summed E-state index contributed by atoms with van der Waals surface area (Å²) in [6, 6.07) is 5.19. The molecule has 9 heteroatoms. The number of likely N-dealkylation sites (tertiary alicyclic amines) is 1. The molecule has 4 N–H and O–H groups in total. The van der Waals surface area contributed by atoms with Crippen molar-refractivity contribution in [1.29, 1.82) is 0 Å². The highest BCUT2D eigenvalue weighted by atomic mass is 16.5. The minimum absolute atomic E-state index is 0.292. The smallest absolute Gasteiger partial charge is 0.268 e. The Kier molecular flexibility index (Phi) is 7.63. The molecule has 32 heavy (non-hydrogen) atoms. The second-order valence-electron chi connectivity index (χ2n) is 7.69. The Morgan fingerprint density at radius 2 is 1.97 bits per heavy atom. The topological polar surface area (TPSA) is 120 Å². The molecule has 2 atom stereocenters. The maximum Gasteiger partial charge on any atom is 0.268 e. The standard InChI is InChI=1S/C23H25N5O4/c1-16(29)21(23(31)26-32)25-22(30)19-9-7-17(8-10-19)5-3-4-6-18-11-28(12-18)14-20-13-27(2)15-24-20/h7-10,13,15-16,18,21,29,32H,11-12,14H2,1-2H3,(H,25,30)(H,26,31)/t16-,21+/m1/s1. The van der Waals surface area contributed by atoms with Crippen LogP contribution in [0.2, 0.25) is 0 Å². The minimum atomic E-state index is -1.27. The number of benzene rings is 1. The zero-order chi connectivity index (χ0) is 23.1. The lowest BCUT2D eigenvalue weighted by molar-refractivity contribution is -0.133. The molecule has 1 saturated heterocycles. The number of hydrogen-bond acceptors (Lipinski definition) is 6. The van der Waals surface area contributed by atoms with Crippen LogP contribution in [0.4, 0.5) is 0 Å². The largest absolute Gasteiger partial charge is 0.391 e. The Morgan fingerprint density at radius 3 is 2.56 bits per heavy atom. The van der Waals surface area contributed by atoms with Crippen LogP contribution in [-0.2, 0) is 18.4 Å². The SMILES string of the molecule is C[C@@H](O)[C@H](NC(=O)c1ccc(C#CC#CC2CN(Cc3cn(C)cn3)C2)cc1)C(=O)NO. The molecule has 1 aromatic heterocycles. The number of aliphatic hydroxyl groups excluding tert-OH is 1. The van der Waals surface area contributed by atoms with Crippen molar-refractivity contribution in [3.05, 3.63) is 53.6 Å². The molecule has 0 aliphatic carbocycles. The third-order valence-electron chi connectivity index (χ3n) is 4.96. The van der Waals surface area contributed by atoms with E-state index in [9.17, 15) is 14.7 Å². The molecule has 1 aliphatic rings. The van der Waals surface area contributed by atoms with E-state index in [0.29, 0.717) is 17.0 Å². The second-order valence-corrected chi connectivity index (χ2v) is 7.69. The number of rotatable bonds is 6. The van der Waals surface area contributed by atoms with Crippen LogP contribution in [0.1, 0.15) is 28.5 Å². The first kappa shape index (κ1) is 23.0. The number of aliphatic hydroxyl groups is 1. The highest BCUT2D eigenvalue weighted by molar-refractivity contribution is 5.97. The molecule has 0 spiro atoms. The molecule has 3 rings (SSSR count). The lowest BCUT2D eigenvalue weighted by Crippen LogP contribution is -2.51. The molecule has 0 bridgehead atoms. The van der Waals surface area contributed by atoms with Gasteiger partial charge < -0.3 is 15.0 Å². The van der Waals surface area contributed by atoms with Gasteiger partial charge in [-0.3, -0.25) is 19.7 Å². The van der Waals surface area contributed by atoms with E-state index in [1.807, 2.05) is 17.8 Å². The Bertz CT molecular complexity index is 1080. The quantitative estimate of drug-likeness (QED) is 0.286. The molecular weight excluding hydrogens is 410 g/mol. The van der Waals surface area contributed by atoms with Crippen LogP contribution in [0, 0.1) is 29.6 Å². The summed E-state index contributed by atoms with van der Waals surface area (Å²) in [5.74, 6) is 10.6. The van der Waals surface area contributed by atoms with Gasteiger partial charge in [0.15, 0.2) is 0 Å². The first-order valence-electron chi connectivity index (χ1n) is 10.1. The van der Waals surface area contributed by atoms with Gasteiger partial charge in [-0.2, -0.15) is 0 Å². The molecule has 2 aromatic rings. The van der Waals surface area contributed by atoms with Gasteiger partial charge in [0.25, 0.3) is 11.8 Å². The number of nitrogens with zero attached hydrogens (tertiary/aromatic N) is 3. The lowest BCUT2D eigenvalue weighted by atomic mass is 10.0. The normalized spacial score (nSPS) is 15.2. The first-order chi connectivity index (χ1) is 15.4. The predicted octanol–water partition coefficient (Wildman–Crippen LogP) is -0.108. The van der Waals surface area contributed by atoms with Crippen molar-refractivity contribution in [3.63, 3.8) is 0 Å². The summed E-state index contributed by atoms with van der Waals surface area (Å²) in [5.41, 5.74) is 3.46. The highest BCUT2D eigenvalue weighted by Crippen LogP contribution is 2.16. The van der Waals surface area contributed by atoms with Gasteiger partial charge in [-0.05, 0) is 43.0 Å². The van der Waals surface area contributed by atoms with Gasteiger partial charge >= 0.3 is 0 Å². The van der Waals surface area contributed by atoms with E-state index in [2.05, 4.69) is 38.9 Å². The van der Waals surface area contributed by atoms with Crippen molar-refractivity contribution >= 4 is 11.8 Å². The summed E-state index contributed by atoms with van der Waals surface area (Å²) in [5, 5.41) is 20.7. The molecular formula is C23H25N5O4. The predicted molar refractivity (Wildman–Crippen MR) is 116 cm³/mol. The number of imidazole rings is 1. The van der Waals surface area contributed by atoms with Gasteiger partial charge in [-0.1, -0.05) is 11.8 Å². The van der Waals surface area contributed by atoms with Crippen molar-refractivity contribution in [3.8, 4) is 23.7 Å². The third kappa shape index (κ3) is 6.19. The molecule has 2 heterocycles. The fraction of sp³-hybridized carbons (Fsp3) is 0.348. The van der Waals surface area contributed by atoms with E-state index in [4.69, 9.17) is 5.21 Å². The van der Waals surface area contributed by atoms with Gasteiger partial charge in [0.2, 0.25) is 0 Å². The van der Waals surface area contributed by atoms with Crippen molar-refractivity contribution in [2.24, 2.45) is 13.0 Å². The summed E-state index contributed by atoms with van der Waals surface area (Å²) in [7, 11) is 1.95. The van der Waals surface area contributed by atoms with Gasteiger partial charge in [0, 0.05) is 49.9 Å². The molecule has 1 aromatic carbocycles. The monoisotopic (exact) mass is 435 g/mol. The Morgan fingerprint density at radius 1 is 1.25 bits per heavy atom. The number of carbonyl (C=O) groups is 2. The van der Waals surface area contributed by atoms with Crippen LogP contribution in [-0.4, -0.2) is 61.8 Å². The zero-order valence-corrected chi connectivity index (χ0v) is 17.9. The van der Waals surface area contributed by atoms with Crippen molar-refractivity contribution < 1.29 is 19.9 Å². The summed E-state index contributed by atoms with van der Waals surface area (Å²) in [4.78, 5) is 30.4. The Balaban J connectivity index is 1.48. The molecule has 1 aliphatic heterocycles. The maximum absolute atomic E-state index is 12.3. The van der Waals surface area contributed by atoms with Crippen LogP contribution in [0.5, 0.6) is 0 Å². The van der Waals surface area contributed by atoms with E-state index in [0.717, 1.165) is 25.3 Å². The van der Waals surface area contributed by atoms with Gasteiger partial charge in [0.05, 0.1) is 18.1 Å². The minimum Gasteiger partial charge on any atom is -0.391 e. The average molecular weight is 435 g/mol. The zero-order valence-electron chi connectivity index (χ0n) is 17.9. The van der Waals surface area contributed by atoms with Crippen molar-refractivity contribution in [2.45, 2.75) is 25.6 Å². The number of aryl methyl sites for hydroxylation is 1. The van der Waals surface area contributed by atoms with Crippen LogP contribution < -0.4 is 10.8 Å². The fourth-order valence-corrected chi connectivity index (χ4v) is 3.21. The molecule has 2 amide bonds. The number of hydroxylamine groups is 1. The maximum atomic E-state index is 12.3. The average Bonchev–Trinajstić information content (AvgIpc) is 3.17. The van der Waals surface area contributed by atoms with E-state index in [1.165, 1.54) is 12.4 Å². The lowest BCUT2D eigenvalue weighted by Gasteiger charge is -2.35. The molecule has 1 fully saturated rings. The summed E-state index contributed by atoms with van der Waals surface area (Å²) in [6.45, 7) is 3.96. The number of aromatic nitrogens is 2. The summed E-state index contributed by atoms with van der Waals surface area (Å²) in [6.07, 6.45) is 2.63. The first-order valence-corrected chi connectivity index (χ1v) is 10.1. The third-order valence-corrected chi connectivity index (χ3v) is 4.96. The molecule has 0 unspecified atom stereocenters. The van der Waals surface area contributed by atoms with Crippen molar-refractivity contribution in [2.75, 3.05) is 13.1 Å². The van der Waals surface area contributed by atoms with Crippen LogP contribution >= 0.6 is 0 Å². The summed E-state index contributed by atoms with van der Waals surface area (Å²) >= 11 is 0. The van der Waals surface area contributed by atoms with Crippen LogP contribution in [0.15, 0.2) is 36.8 Å². The van der Waals surface area contributed by atoms with Gasteiger partial charge in [-0.15, -0.1) is 0 Å². The van der Waals surface area contributed by atoms with Crippen LogP contribution in [0.3, 0.4) is 0 Å². The Hall–Kier alpha value is -3.63. The second kappa shape index (κ2) is 10.6. The number of nitrogens with one attached hydrogen (secondary N) is 2. The molecule has 9 nitrogen and oxygen atoms in total. The number of carbonyl (C=O) groups excluding carboxylic acids is 2. The van der Waals surface area contributed by atoms with Crippen molar-refractivity contribution in [1.82, 2.24) is 25.2 Å². The summed E-state index contributed by atoms with van der Waals surface area (Å²) < 4.78 is 1.93.